The number of carbonyl (C=O) groups excluding carboxylic acids is 3. The summed E-state index contributed by atoms with van der Waals surface area (Å²) in [6.45, 7) is 0.557. The molecule has 1 fully saturated rings. The highest BCUT2D eigenvalue weighted by atomic mass is 35.5. The number of benzene rings is 1. The molecule has 0 aliphatic heterocycles. The van der Waals surface area contributed by atoms with E-state index < -0.39 is 11.8 Å². The van der Waals surface area contributed by atoms with E-state index in [0.29, 0.717) is 16.7 Å². The number of aromatic nitrogens is 2. The van der Waals surface area contributed by atoms with Gasteiger partial charge in [-0.2, -0.15) is 0 Å². The third kappa shape index (κ3) is 5.23. The lowest BCUT2D eigenvalue weighted by molar-refractivity contribution is -0.117. The summed E-state index contributed by atoms with van der Waals surface area (Å²) >= 11 is 12.7. The zero-order valence-electron chi connectivity index (χ0n) is 18.0. The van der Waals surface area contributed by atoms with Crippen molar-refractivity contribution in [2.75, 3.05) is 31.7 Å². The molecule has 34 heavy (non-hydrogen) atoms. The number of rotatable bonds is 9. The molecule has 11 heteroatoms. The number of pyridine rings is 1. The molecule has 0 saturated heterocycles. The van der Waals surface area contributed by atoms with Gasteiger partial charge in [-0.25, -0.2) is 4.98 Å². The number of nitrogens with one attached hydrogen (secondary N) is 2. The van der Waals surface area contributed by atoms with Gasteiger partial charge in [0.15, 0.2) is 0 Å². The van der Waals surface area contributed by atoms with Gasteiger partial charge in [-0.15, -0.1) is 0 Å². The molecule has 1 aromatic carbocycles. The number of nitrogens with zero attached hydrogens (tertiary/aromatic N) is 2. The SMILES string of the molecule is O=C(NCCOCCO)c1cc(Cl)c(C(=O)n2ccc3c(NC(=O)C4CC4)nccc32)c(Cl)c1. The first-order valence-corrected chi connectivity index (χ1v) is 11.4. The van der Waals surface area contributed by atoms with E-state index in [1.54, 1.807) is 18.3 Å². The van der Waals surface area contributed by atoms with Crippen molar-refractivity contribution < 1.29 is 24.2 Å². The minimum atomic E-state index is -0.486. The molecule has 178 valence electrons. The molecule has 0 atom stereocenters. The van der Waals surface area contributed by atoms with Gasteiger partial charge in [0, 0.05) is 35.8 Å². The number of hydrogen-bond donors (Lipinski definition) is 3. The second kappa shape index (κ2) is 10.5. The maximum Gasteiger partial charge on any atom is 0.265 e. The summed E-state index contributed by atoms with van der Waals surface area (Å²) in [4.78, 5) is 42.1. The smallest absolute Gasteiger partial charge is 0.265 e. The summed E-state index contributed by atoms with van der Waals surface area (Å²) < 4.78 is 6.47. The average Bonchev–Trinajstić information content (AvgIpc) is 3.57. The van der Waals surface area contributed by atoms with Gasteiger partial charge in [-0.1, -0.05) is 23.2 Å². The standard InChI is InChI=1S/C23H22Cl2N4O5/c24-16-11-14(21(31)27-6-9-34-10-8-30)12-17(25)19(16)23(33)29-7-4-15-18(29)3-5-26-20(15)28-22(32)13-1-2-13/h3-5,7,11-13,30H,1-2,6,8-10H2,(H,27,31)(H,26,28,32). The first-order chi connectivity index (χ1) is 16.4. The quantitative estimate of drug-likeness (QED) is 0.384. The zero-order chi connectivity index (χ0) is 24.2. The highest BCUT2D eigenvalue weighted by Gasteiger charge is 2.30. The normalized spacial score (nSPS) is 13.1. The Hall–Kier alpha value is -2.98. The Kier molecular flexibility index (Phi) is 7.47. The average molecular weight is 505 g/mol. The van der Waals surface area contributed by atoms with Crippen LogP contribution < -0.4 is 10.6 Å². The van der Waals surface area contributed by atoms with Crippen LogP contribution in [-0.2, 0) is 9.53 Å². The fourth-order valence-corrected chi connectivity index (χ4v) is 4.09. The number of ether oxygens (including phenoxy) is 1. The minimum Gasteiger partial charge on any atom is -0.394 e. The summed E-state index contributed by atoms with van der Waals surface area (Å²) in [7, 11) is 0. The molecule has 0 radical (unpaired) electrons. The zero-order valence-corrected chi connectivity index (χ0v) is 19.5. The monoisotopic (exact) mass is 504 g/mol. The number of aliphatic hydroxyl groups excluding tert-OH is 1. The first-order valence-electron chi connectivity index (χ1n) is 10.7. The Bertz CT molecular complexity index is 1230. The van der Waals surface area contributed by atoms with Crippen LogP contribution in [0.3, 0.4) is 0 Å². The molecule has 9 nitrogen and oxygen atoms in total. The molecular weight excluding hydrogens is 483 g/mol. The van der Waals surface area contributed by atoms with E-state index in [9.17, 15) is 14.4 Å². The number of hydrogen-bond acceptors (Lipinski definition) is 6. The molecule has 0 spiro atoms. The van der Waals surface area contributed by atoms with Gasteiger partial charge in [0.05, 0.1) is 40.9 Å². The Labute approximate surface area is 205 Å². The second-order valence-electron chi connectivity index (χ2n) is 7.75. The summed E-state index contributed by atoms with van der Waals surface area (Å²) in [6.07, 6.45) is 4.80. The topological polar surface area (TPSA) is 123 Å². The maximum atomic E-state index is 13.3. The van der Waals surface area contributed by atoms with Crippen molar-refractivity contribution in [1.29, 1.82) is 0 Å². The van der Waals surface area contributed by atoms with Crippen LogP contribution in [-0.4, -0.2) is 58.7 Å². The number of halogens is 2. The second-order valence-corrected chi connectivity index (χ2v) is 8.57. The van der Waals surface area contributed by atoms with Crippen molar-refractivity contribution in [3.05, 3.63) is 57.8 Å². The van der Waals surface area contributed by atoms with E-state index in [-0.39, 0.29) is 59.4 Å². The predicted molar refractivity (Wildman–Crippen MR) is 128 cm³/mol. The van der Waals surface area contributed by atoms with E-state index in [1.807, 2.05) is 0 Å². The first kappa shape index (κ1) is 24.2. The van der Waals surface area contributed by atoms with Crippen LogP contribution in [0.15, 0.2) is 36.7 Å². The minimum absolute atomic E-state index is 0.0159. The van der Waals surface area contributed by atoms with Gasteiger partial charge in [0.2, 0.25) is 5.91 Å². The van der Waals surface area contributed by atoms with E-state index >= 15 is 0 Å². The number of anilines is 1. The molecule has 1 aliphatic carbocycles. The summed E-state index contributed by atoms with van der Waals surface area (Å²) in [5, 5.41) is 14.8. The van der Waals surface area contributed by atoms with E-state index in [0.717, 1.165) is 12.8 Å². The third-order valence-electron chi connectivity index (χ3n) is 5.31. The third-order valence-corrected chi connectivity index (χ3v) is 5.91. The Morgan fingerprint density at radius 2 is 1.88 bits per heavy atom. The van der Waals surface area contributed by atoms with E-state index in [1.165, 1.54) is 22.9 Å². The van der Waals surface area contributed by atoms with Gasteiger partial charge in [-0.3, -0.25) is 19.0 Å². The van der Waals surface area contributed by atoms with Crippen molar-refractivity contribution in [3.63, 3.8) is 0 Å². The Morgan fingerprint density at radius 3 is 2.56 bits per heavy atom. The fraction of sp³-hybridized carbons (Fsp3) is 0.304. The van der Waals surface area contributed by atoms with Crippen molar-refractivity contribution in [2.45, 2.75) is 12.8 Å². The fourth-order valence-electron chi connectivity index (χ4n) is 3.44. The molecule has 2 amide bonds. The van der Waals surface area contributed by atoms with Crippen LogP contribution in [0.1, 0.15) is 33.6 Å². The number of aliphatic hydroxyl groups is 1. The lowest BCUT2D eigenvalue weighted by atomic mass is 10.1. The number of fused-ring (bicyclic) bond motifs is 1. The molecule has 3 N–H and O–H groups in total. The van der Waals surface area contributed by atoms with Gasteiger partial charge in [0.25, 0.3) is 11.8 Å². The van der Waals surface area contributed by atoms with Crippen LogP contribution in [0.25, 0.3) is 10.9 Å². The van der Waals surface area contributed by atoms with Gasteiger partial charge < -0.3 is 20.5 Å². The van der Waals surface area contributed by atoms with Gasteiger partial charge in [-0.05, 0) is 37.1 Å². The molecule has 0 unspecified atom stereocenters. The molecular formula is C23H22Cl2N4O5. The van der Waals surface area contributed by atoms with Crippen LogP contribution in [0.5, 0.6) is 0 Å². The molecule has 4 rings (SSSR count). The molecule has 2 heterocycles. The van der Waals surface area contributed by atoms with Crippen molar-refractivity contribution in [3.8, 4) is 0 Å². The molecule has 2 aromatic heterocycles. The highest BCUT2D eigenvalue weighted by molar-refractivity contribution is 6.40. The maximum absolute atomic E-state index is 13.3. The Morgan fingerprint density at radius 1 is 1.15 bits per heavy atom. The lowest BCUT2D eigenvalue weighted by Gasteiger charge is -2.12. The largest absolute Gasteiger partial charge is 0.394 e. The molecule has 1 aliphatic rings. The summed E-state index contributed by atoms with van der Waals surface area (Å²) in [5.41, 5.74) is 0.771. The molecule has 1 saturated carbocycles. The highest BCUT2D eigenvalue weighted by Crippen LogP contribution is 2.32. The van der Waals surface area contributed by atoms with E-state index in [4.69, 9.17) is 33.0 Å². The van der Waals surface area contributed by atoms with Crippen LogP contribution in [0, 0.1) is 5.92 Å². The number of amides is 2. The summed E-state index contributed by atoms with van der Waals surface area (Å²) in [6, 6.07) is 6.09. The Balaban J connectivity index is 1.54. The van der Waals surface area contributed by atoms with Gasteiger partial charge >= 0.3 is 0 Å². The molecule has 0 bridgehead atoms. The summed E-state index contributed by atoms with van der Waals surface area (Å²) in [5.74, 6) is -0.599. The van der Waals surface area contributed by atoms with Crippen LogP contribution in [0.4, 0.5) is 5.82 Å². The van der Waals surface area contributed by atoms with Crippen molar-refractivity contribution >= 4 is 57.6 Å². The van der Waals surface area contributed by atoms with E-state index in [2.05, 4.69) is 15.6 Å². The molecule has 3 aromatic rings. The van der Waals surface area contributed by atoms with Gasteiger partial charge in [0.1, 0.15) is 5.82 Å². The van der Waals surface area contributed by atoms with Crippen molar-refractivity contribution in [1.82, 2.24) is 14.9 Å². The lowest BCUT2D eigenvalue weighted by Crippen LogP contribution is -2.27. The van der Waals surface area contributed by atoms with Crippen LogP contribution in [0.2, 0.25) is 10.0 Å². The van der Waals surface area contributed by atoms with Crippen LogP contribution >= 0.6 is 23.2 Å². The number of carbonyl (C=O) groups is 3. The predicted octanol–water partition coefficient (Wildman–Crippen LogP) is 3.12. The van der Waals surface area contributed by atoms with Crippen molar-refractivity contribution in [2.24, 2.45) is 5.92 Å².